The van der Waals surface area contributed by atoms with Crippen LogP contribution in [0, 0.1) is 0 Å². The first-order valence-electron chi connectivity index (χ1n) is 19.8. The molecule has 0 spiro atoms. The molecule has 0 aliphatic heterocycles. The first-order valence-corrected chi connectivity index (χ1v) is 20.6. The summed E-state index contributed by atoms with van der Waals surface area (Å²) in [5.41, 5.74) is 7.36. The van der Waals surface area contributed by atoms with Crippen molar-refractivity contribution in [2.45, 2.75) is 0 Å². The number of hydrogen-bond acceptors (Lipinski definition) is 5. The van der Waals surface area contributed by atoms with Gasteiger partial charge in [0.1, 0.15) is 11.3 Å². The Hall–Kier alpha value is -7.67. The maximum absolute atomic E-state index is 7.08. The van der Waals surface area contributed by atoms with E-state index in [1.165, 1.54) is 41.7 Å². The summed E-state index contributed by atoms with van der Waals surface area (Å²) >= 11 is 1.79. The maximum atomic E-state index is 7.08. The van der Waals surface area contributed by atoms with Crippen LogP contribution in [0.15, 0.2) is 186 Å². The molecule has 5 nitrogen and oxygen atoms in total. The highest BCUT2D eigenvalue weighted by Crippen LogP contribution is 2.45. The minimum absolute atomic E-state index is 0.569. The van der Waals surface area contributed by atoms with Crippen molar-refractivity contribution in [3.05, 3.63) is 182 Å². The molecule has 0 bridgehead atoms. The van der Waals surface area contributed by atoms with E-state index in [9.17, 15) is 0 Å². The average Bonchev–Trinajstić information content (AvgIpc) is 3.97. The zero-order valence-electron chi connectivity index (χ0n) is 31.4. The summed E-state index contributed by atoms with van der Waals surface area (Å²) in [4.78, 5) is 15.9. The van der Waals surface area contributed by atoms with E-state index in [0.29, 0.717) is 17.5 Å². The van der Waals surface area contributed by atoms with Gasteiger partial charge in [0.25, 0.3) is 0 Å². The van der Waals surface area contributed by atoms with Gasteiger partial charge < -0.3 is 8.98 Å². The molecule has 0 saturated heterocycles. The van der Waals surface area contributed by atoms with E-state index >= 15 is 0 Å². The van der Waals surface area contributed by atoms with Crippen LogP contribution in [-0.2, 0) is 0 Å². The Morgan fingerprint density at radius 3 is 1.93 bits per heavy atom. The summed E-state index contributed by atoms with van der Waals surface area (Å²) in [6, 6.07) is 64.3. The van der Waals surface area contributed by atoms with Crippen molar-refractivity contribution in [1.29, 1.82) is 0 Å². The van der Waals surface area contributed by atoms with Crippen molar-refractivity contribution in [3.8, 4) is 39.9 Å². The van der Waals surface area contributed by atoms with Gasteiger partial charge in [-0.1, -0.05) is 133 Å². The smallest absolute Gasteiger partial charge is 0.166 e. The molecule has 274 valence electrons. The molecule has 13 rings (SSSR count). The van der Waals surface area contributed by atoms with Crippen LogP contribution >= 0.6 is 11.3 Å². The van der Waals surface area contributed by atoms with Crippen LogP contribution in [0.5, 0.6) is 0 Å². The van der Waals surface area contributed by atoms with Gasteiger partial charge in [0.05, 0.1) is 11.0 Å². The molecular weight excluding hydrogens is 741 g/mol. The molecule has 4 aromatic heterocycles. The molecule has 9 aromatic carbocycles. The van der Waals surface area contributed by atoms with Crippen molar-refractivity contribution in [1.82, 2.24) is 19.5 Å². The molecule has 0 atom stereocenters. The van der Waals surface area contributed by atoms with Gasteiger partial charge in [-0.3, -0.25) is 0 Å². The van der Waals surface area contributed by atoms with E-state index in [0.717, 1.165) is 66.1 Å². The molecule has 0 fully saturated rings. The highest BCUT2D eigenvalue weighted by molar-refractivity contribution is 7.25. The molecule has 0 saturated carbocycles. The molecule has 0 radical (unpaired) electrons. The van der Waals surface area contributed by atoms with Crippen LogP contribution in [0.4, 0.5) is 0 Å². The van der Waals surface area contributed by atoms with Crippen molar-refractivity contribution >= 4 is 96.8 Å². The fourth-order valence-electron chi connectivity index (χ4n) is 9.10. The largest absolute Gasteiger partial charge is 0.454 e. The van der Waals surface area contributed by atoms with Gasteiger partial charge in [0.2, 0.25) is 0 Å². The van der Waals surface area contributed by atoms with Gasteiger partial charge >= 0.3 is 0 Å². The third-order valence-electron chi connectivity index (χ3n) is 11.8. The fraction of sp³-hybridized carbons (Fsp3) is 0. The molecule has 4 heterocycles. The van der Waals surface area contributed by atoms with Crippen molar-refractivity contribution < 1.29 is 4.42 Å². The lowest BCUT2D eigenvalue weighted by atomic mass is 10.0. The summed E-state index contributed by atoms with van der Waals surface area (Å²) in [5, 5.41) is 11.6. The topological polar surface area (TPSA) is 56.7 Å². The highest BCUT2D eigenvalue weighted by Gasteiger charge is 2.25. The predicted molar refractivity (Wildman–Crippen MR) is 246 cm³/mol. The first-order chi connectivity index (χ1) is 29.2. The molecule has 6 heteroatoms. The van der Waals surface area contributed by atoms with Crippen LogP contribution in [-0.4, -0.2) is 19.5 Å². The zero-order chi connectivity index (χ0) is 38.6. The Labute approximate surface area is 341 Å². The van der Waals surface area contributed by atoms with Crippen LogP contribution in [0.25, 0.3) is 125 Å². The third kappa shape index (κ3) is 4.87. The Morgan fingerprint density at radius 2 is 1.07 bits per heavy atom. The molecule has 0 amide bonds. The van der Waals surface area contributed by atoms with Crippen LogP contribution in [0.3, 0.4) is 0 Å². The second-order valence-corrected chi connectivity index (χ2v) is 16.2. The fourth-order valence-corrected chi connectivity index (χ4v) is 10.2. The molecule has 0 aliphatic carbocycles. The first kappa shape index (κ1) is 32.4. The van der Waals surface area contributed by atoms with Crippen molar-refractivity contribution in [2.24, 2.45) is 0 Å². The van der Waals surface area contributed by atoms with E-state index in [-0.39, 0.29) is 0 Å². The predicted octanol–water partition coefficient (Wildman–Crippen LogP) is 14.5. The van der Waals surface area contributed by atoms with Gasteiger partial charge in [-0.25, -0.2) is 15.0 Å². The normalized spacial score (nSPS) is 12.1. The van der Waals surface area contributed by atoms with E-state index in [1.807, 2.05) is 18.2 Å². The lowest BCUT2D eigenvalue weighted by Crippen LogP contribution is -2.04. The zero-order valence-corrected chi connectivity index (χ0v) is 32.2. The lowest BCUT2D eigenvalue weighted by molar-refractivity contribution is 0.667. The Balaban J connectivity index is 1.16. The maximum Gasteiger partial charge on any atom is 0.166 e. The van der Waals surface area contributed by atoms with Crippen LogP contribution in [0.1, 0.15) is 0 Å². The van der Waals surface area contributed by atoms with Crippen molar-refractivity contribution in [3.63, 3.8) is 0 Å². The number of para-hydroxylation sites is 1. The average molecular weight is 771 g/mol. The molecule has 0 N–H and O–H groups in total. The molecular formula is C53H30N4OS. The Kier molecular flexibility index (Phi) is 6.82. The summed E-state index contributed by atoms with van der Waals surface area (Å²) < 4.78 is 11.9. The van der Waals surface area contributed by atoms with Crippen LogP contribution in [0.2, 0.25) is 0 Å². The number of rotatable bonds is 4. The summed E-state index contributed by atoms with van der Waals surface area (Å²) in [5.74, 6) is 1.79. The highest BCUT2D eigenvalue weighted by atomic mass is 32.1. The second kappa shape index (κ2) is 12.4. The number of nitrogens with zero attached hydrogens (tertiary/aromatic N) is 4. The van der Waals surface area contributed by atoms with Gasteiger partial charge in [-0.15, -0.1) is 11.3 Å². The Morgan fingerprint density at radius 1 is 0.407 bits per heavy atom. The number of hydrogen-bond donors (Lipinski definition) is 0. The van der Waals surface area contributed by atoms with E-state index < -0.39 is 0 Å². The monoisotopic (exact) mass is 770 g/mol. The standard InChI is InChI=1S/C53H30N4OS/c1-2-13-32(14-3-1)51-54-52(35-22-24-39-38-19-9-11-21-46(38)59-47(39)30-35)56-53(55-51)41-26-25-40-48-36-17-7-6-12-31(36)23-27-45(48)58-50(40)49(41)57-43-20-10-8-18-37(43)42-28-33-15-4-5-16-34(33)29-44(42)57/h1-30H. The van der Waals surface area contributed by atoms with Crippen molar-refractivity contribution in [2.75, 3.05) is 0 Å². The van der Waals surface area contributed by atoms with Crippen LogP contribution < -0.4 is 0 Å². The molecule has 13 aromatic rings. The van der Waals surface area contributed by atoms with Gasteiger partial charge in [-0.2, -0.15) is 0 Å². The number of thiophene rings is 1. The minimum Gasteiger partial charge on any atom is -0.454 e. The number of aromatic nitrogens is 4. The lowest BCUT2D eigenvalue weighted by Gasteiger charge is -2.15. The van der Waals surface area contributed by atoms with Gasteiger partial charge in [0.15, 0.2) is 23.1 Å². The summed E-state index contributed by atoms with van der Waals surface area (Å²) in [6.07, 6.45) is 0. The van der Waals surface area contributed by atoms with Gasteiger partial charge in [-0.05, 0) is 70.1 Å². The summed E-state index contributed by atoms with van der Waals surface area (Å²) in [7, 11) is 0. The SMILES string of the molecule is c1ccc(-c2nc(-c3ccc4c(c3)sc3ccccc34)nc(-c3ccc4c(oc5ccc6ccccc6c54)c3-n3c4ccccc4c4cc5ccccc5cc43)n2)cc1. The molecule has 59 heavy (non-hydrogen) atoms. The number of fused-ring (bicyclic) bond motifs is 12. The third-order valence-corrected chi connectivity index (χ3v) is 12.9. The Bertz CT molecular complexity index is 3860. The molecule has 0 aliphatic rings. The van der Waals surface area contributed by atoms with Gasteiger partial charge in [0, 0.05) is 58.4 Å². The quantitative estimate of drug-likeness (QED) is 0.179. The second-order valence-electron chi connectivity index (χ2n) is 15.2. The minimum atomic E-state index is 0.569. The van der Waals surface area contributed by atoms with E-state index in [2.05, 4.69) is 168 Å². The number of furan rings is 1. The molecule has 0 unspecified atom stereocenters. The van der Waals surface area contributed by atoms with E-state index in [4.69, 9.17) is 19.4 Å². The summed E-state index contributed by atoms with van der Waals surface area (Å²) in [6.45, 7) is 0. The van der Waals surface area contributed by atoms with E-state index in [1.54, 1.807) is 11.3 Å². The number of benzene rings is 9.